The SMILES string of the molecule is C=C/C=C\C=C/Cc1cc(Cl)cc(-c2ccc(/C(C=C)=C/C=C)cc2)c1. The third kappa shape index (κ3) is 5.61. The van der Waals surface area contributed by atoms with Gasteiger partial charge in [-0.1, -0.05) is 110 Å². The van der Waals surface area contributed by atoms with Crippen molar-refractivity contribution in [2.75, 3.05) is 0 Å². The average molecular weight is 359 g/mol. The Morgan fingerprint density at radius 2 is 1.62 bits per heavy atom. The lowest BCUT2D eigenvalue weighted by Crippen LogP contribution is -1.86. The maximum Gasteiger partial charge on any atom is 0.0415 e. The van der Waals surface area contributed by atoms with Gasteiger partial charge in [-0.05, 0) is 46.4 Å². The summed E-state index contributed by atoms with van der Waals surface area (Å²) in [6.07, 6.45) is 16.1. The molecule has 0 saturated heterocycles. The molecule has 2 aromatic rings. The van der Waals surface area contributed by atoms with Gasteiger partial charge in [-0.15, -0.1) is 0 Å². The van der Waals surface area contributed by atoms with Crippen LogP contribution >= 0.6 is 11.6 Å². The third-order valence-electron chi connectivity index (χ3n) is 3.87. The largest absolute Gasteiger partial charge is 0.0991 e. The van der Waals surface area contributed by atoms with E-state index in [-0.39, 0.29) is 0 Å². The first-order valence-electron chi connectivity index (χ1n) is 8.47. The van der Waals surface area contributed by atoms with E-state index in [9.17, 15) is 0 Å². The minimum Gasteiger partial charge on any atom is -0.0991 e. The summed E-state index contributed by atoms with van der Waals surface area (Å²) in [6.45, 7) is 11.3. The Bertz CT molecular complexity index is 862. The summed E-state index contributed by atoms with van der Waals surface area (Å²) in [7, 11) is 0. The number of hydrogen-bond donors (Lipinski definition) is 0. The molecule has 0 aromatic heterocycles. The number of hydrogen-bond acceptors (Lipinski definition) is 0. The topological polar surface area (TPSA) is 0 Å². The maximum atomic E-state index is 6.32. The van der Waals surface area contributed by atoms with E-state index in [4.69, 9.17) is 11.6 Å². The van der Waals surface area contributed by atoms with Crippen molar-refractivity contribution in [2.24, 2.45) is 0 Å². The number of allylic oxidation sites excluding steroid dienone is 9. The molecule has 130 valence electrons. The van der Waals surface area contributed by atoms with Crippen LogP contribution < -0.4 is 0 Å². The van der Waals surface area contributed by atoms with Crippen LogP contribution in [0.5, 0.6) is 0 Å². The summed E-state index contributed by atoms with van der Waals surface area (Å²) in [4.78, 5) is 0. The minimum atomic E-state index is 0.745. The van der Waals surface area contributed by atoms with Gasteiger partial charge in [0.15, 0.2) is 0 Å². The van der Waals surface area contributed by atoms with Gasteiger partial charge in [0.1, 0.15) is 0 Å². The lowest BCUT2D eigenvalue weighted by atomic mass is 9.98. The van der Waals surface area contributed by atoms with E-state index in [0.29, 0.717) is 0 Å². The van der Waals surface area contributed by atoms with Gasteiger partial charge in [-0.3, -0.25) is 0 Å². The van der Waals surface area contributed by atoms with Crippen LogP contribution in [0.3, 0.4) is 0 Å². The van der Waals surface area contributed by atoms with Gasteiger partial charge in [0.2, 0.25) is 0 Å². The summed E-state index contributed by atoms with van der Waals surface area (Å²) < 4.78 is 0. The lowest BCUT2D eigenvalue weighted by Gasteiger charge is -2.08. The maximum absolute atomic E-state index is 6.32. The van der Waals surface area contributed by atoms with E-state index in [0.717, 1.165) is 33.7 Å². The molecule has 2 rings (SSSR count). The van der Waals surface area contributed by atoms with Gasteiger partial charge >= 0.3 is 0 Å². The summed E-state index contributed by atoms with van der Waals surface area (Å²) in [5.41, 5.74) is 5.59. The molecule has 26 heavy (non-hydrogen) atoms. The zero-order chi connectivity index (χ0) is 18.8. The van der Waals surface area contributed by atoms with E-state index in [1.165, 1.54) is 5.56 Å². The highest BCUT2D eigenvalue weighted by Gasteiger charge is 2.03. The summed E-state index contributed by atoms with van der Waals surface area (Å²) >= 11 is 6.32. The molecule has 0 atom stereocenters. The van der Waals surface area contributed by atoms with Crippen molar-refractivity contribution in [3.8, 4) is 11.1 Å². The first-order chi connectivity index (χ1) is 12.7. The van der Waals surface area contributed by atoms with Gasteiger partial charge in [0, 0.05) is 5.02 Å². The molecule has 0 radical (unpaired) electrons. The molecule has 0 saturated carbocycles. The number of benzene rings is 2. The second-order valence-electron chi connectivity index (χ2n) is 5.74. The Morgan fingerprint density at radius 1 is 0.846 bits per heavy atom. The van der Waals surface area contributed by atoms with Crippen LogP contribution in [0.1, 0.15) is 11.1 Å². The highest BCUT2D eigenvalue weighted by atomic mass is 35.5. The minimum absolute atomic E-state index is 0.745. The van der Waals surface area contributed by atoms with Crippen molar-refractivity contribution in [1.82, 2.24) is 0 Å². The first-order valence-corrected chi connectivity index (χ1v) is 8.85. The van der Waals surface area contributed by atoms with Crippen molar-refractivity contribution < 1.29 is 0 Å². The Balaban J connectivity index is 2.25. The van der Waals surface area contributed by atoms with E-state index in [1.54, 1.807) is 12.2 Å². The van der Waals surface area contributed by atoms with Crippen molar-refractivity contribution in [3.05, 3.63) is 127 Å². The molecule has 0 aliphatic carbocycles. The predicted octanol–water partition coefficient (Wildman–Crippen LogP) is 7.60. The van der Waals surface area contributed by atoms with Gasteiger partial charge in [0.25, 0.3) is 0 Å². The predicted molar refractivity (Wildman–Crippen MR) is 117 cm³/mol. The van der Waals surface area contributed by atoms with Crippen molar-refractivity contribution >= 4 is 17.2 Å². The standard InChI is InChI=1S/C25H23Cl/c1-4-7-8-9-10-12-20-17-24(19-25(26)18-20)23-15-13-22(14-16-23)21(6-3)11-5-2/h4-11,13-19H,1-3,12H2/b8-7-,10-9-,21-11+. The molecule has 0 aliphatic heterocycles. The first kappa shape index (κ1) is 19.5. The Kier molecular flexibility index (Phi) is 7.67. The van der Waals surface area contributed by atoms with E-state index < -0.39 is 0 Å². The average Bonchev–Trinajstić information content (AvgIpc) is 2.66. The monoisotopic (exact) mass is 358 g/mol. The zero-order valence-corrected chi connectivity index (χ0v) is 15.6. The molecule has 1 heteroatoms. The van der Waals surface area contributed by atoms with Crippen molar-refractivity contribution in [3.63, 3.8) is 0 Å². The molecule has 0 amide bonds. The molecular weight excluding hydrogens is 336 g/mol. The van der Waals surface area contributed by atoms with Crippen LogP contribution in [0.4, 0.5) is 0 Å². The molecule has 2 aromatic carbocycles. The fourth-order valence-corrected chi connectivity index (χ4v) is 2.88. The van der Waals surface area contributed by atoms with Gasteiger partial charge in [-0.25, -0.2) is 0 Å². The van der Waals surface area contributed by atoms with Gasteiger partial charge in [-0.2, -0.15) is 0 Å². The smallest absolute Gasteiger partial charge is 0.0415 e. The zero-order valence-electron chi connectivity index (χ0n) is 14.9. The molecule has 0 aliphatic rings. The second-order valence-corrected chi connectivity index (χ2v) is 6.18. The Morgan fingerprint density at radius 3 is 2.27 bits per heavy atom. The van der Waals surface area contributed by atoms with Crippen LogP contribution in [-0.2, 0) is 6.42 Å². The lowest BCUT2D eigenvalue weighted by molar-refractivity contribution is 1.27. The third-order valence-corrected chi connectivity index (χ3v) is 4.09. The van der Waals surface area contributed by atoms with Crippen molar-refractivity contribution in [1.29, 1.82) is 0 Å². The molecule has 0 spiro atoms. The van der Waals surface area contributed by atoms with Crippen LogP contribution in [0.15, 0.2) is 111 Å². The quantitative estimate of drug-likeness (QED) is 0.426. The fourth-order valence-electron chi connectivity index (χ4n) is 2.62. The van der Waals surface area contributed by atoms with E-state index in [1.807, 2.05) is 42.5 Å². The molecule has 0 nitrogen and oxygen atoms in total. The Labute approximate surface area is 161 Å². The molecule has 0 N–H and O–H groups in total. The fraction of sp³-hybridized carbons (Fsp3) is 0.0400. The number of rotatable bonds is 8. The van der Waals surface area contributed by atoms with Crippen LogP contribution in [-0.4, -0.2) is 0 Å². The summed E-state index contributed by atoms with van der Waals surface area (Å²) in [5.74, 6) is 0. The van der Waals surface area contributed by atoms with Crippen LogP contribution in [0.2, 0.25) is 5.02 Å². The highest BCUT2D eigenvalue weighted by molar-refractivity contribution is 6.31. The summed E-state index contributed by atoms with van der Waals surface area (Å²) in [5, 5.41) is 0.745. The van der Waals surface area contributed by atoms with Gasteiger partial charge in [0.05, 0.1) is 0 Å². The molecule has 0 fully saturated rings. The van der Waals surface area contributed by atoms with Gasteiger partial charge < -0.3 is 0 Å². The second kappa shape index (κ2) is 10.2. The molecular formula is C25H23Cl. The Hall–Kier alpha value is -2.83. The highest BCUT2D eigenvalue weighted by Crippen LogP contribution is 2.27. The van der Waals surface area contributed by atoms with E-state index in [2.05, 4.69) is 56.1 Å². The van der Waals surface area contributed by atoms with E-state index >= 15 is 0 Å². The van der Waals surface area contributed by atoms with Crippen LogP contribution in [0, 0.1) is 0 Å². The summed E-state index contributed by atoms with van der Waals surface area (Å²) in [6, 6.07) is 14.6. The molecule has 0 heterocycles. The number of halogens is 1. The van der Waals surface area contributed by atoms with Crippen molar-refractivity contribution in [2.45, 2.75) is 6.42 Å². The molecule has 0 bridgehead atoms. The van der Waals surface area contributed by atoms with Crippen LogP contribution in [0.25, 0.3) is 16.7 Å². The normalized spacial score (nSPS) is 11.8. The molecule has 0 unspecified atom stereocenters.